The van der Waals surface area contributed by atoms with Crippen LogP contribution in [0.25, 0.3) is 0 Å². The van der Waals surface area contributed by atoms with Crippen LogP contribution in [0.5, 0.6) is 0 Å². The van der Waals surface area contributed by atoms with Crippen molar-refractivity contribution in [3.05, 3.63) is 0 Å². The molecule has 1 nitrogen and oxygen atoms in total. The summed E-state index contributed by atoms with van der Waals surface area (Å²) in [5, 5.41) is 0. The van der Waals surface area contributed by atoms with Crippen molar-refractivity contribution in [2.75, 3.05) is 6.61 Å². The Kier molecular flexibility index (Phi) is 3.77. The highest BCUT2D eigenvalue weighted by Gasteiger charge is 2.32. The average Bonchev–Trinajstić information content (AvgIpc) is 1.81. The monoisotopic (exact) mass is 172 g/mol. The van der Waals surface area contributed by atoms with Gasteiger partial charge in [0.25, 0.3) is 0 Å². The number of ether oxygens (including phenoxy) is 1. The quantitative estimate of drug-likeness (QED) is 0.633. The zero-order valence-corrected chi connectivity index (χ0v) is 9.69. The molecule has 0 spiro atoms. The van der Waals surface area contributed by atoms with Crippen molar-refractivity contribution in [3.63, 3.8) is 0 Å². The van der Waals surface area contributed by atoms with Crippen molar-refractivity contribution >= 4 is 0 Å². The van der Waals surface area contributed by atoms with Crippen LogP contribution in [0.2, 0.25) is 0 Å². The molecule has 0 radical (unpaired) electrons. The second kappa shape index (κ2) is 3.78. The molecule has 0 atom stereocenters. The lowest BCUT2D eigenvalue weighted by Crippen LogP contribution is -2.35. The molecule has 0 heterocycles. The Morgan fingerprint density at radius 1 is 1.00 bits per heavy atom. The molecular weight excluding hydrogens is 148 g/mol. The highest BCUT2D eigenvalue weighted by Crippen LogP contribution is 2.37. The zero-order chi connectivity index (χ0) is 9.99. The number of rotatable bonds is 3. The average molecular weight is 172 g/mol. The summed E-state index contributed by atoms with van der Waals surface area (Å²) >= 11 is 0. The van der Waals surface area contributed by atoms with Crippen LogP contribution in [0.3, 0.4) is 0 Å². The summed E-state index contributed by atoms with van der Waals surface area (Å²) in [4.78, 5) is 0. The van der Waals surface area contributed by atoms with Crippen LogP contribution in [-0.2, 0) is 4.74 Å². The minimum Gasteiger partial charge on any atom is -0.378 e. The first-order valence-electron chi connectivity index (χ1n) is 4.78. The van der Waals surface area contributed by atoms with Crippen molar-refractivity contribution in [2.45, 2.75) is 54.6 Å². The fourth-order valence-corrected chi connectivity index (χ4v) is 0.592. The van der Waals surface area contributed by atoms with E-state index in [4.69, 9.17) is 4.74 Å². The summed E-state index contributed by atoms with van der Waals surface area (Å²) in [7, 11) is 0. The first-order valence-corrected chi connectivity index (χ1v) is 4.78. The van der Waals surface area contributed by atoms with Crippen molar-refractivity contribution in [2.24, 2.45) is 10.8 Å². The fraction of sp³-hybridized carbons (Fsp3) is 1.00. The molecule has 0 N–H and O–H groups in total. The molecule has 0 rings (SSSR count). The molecule has 0 fully saturated rings. The lowest BCUT2D eigenvalue weighted by atomic mass is 9.70. The van der Waals surface area contributed by atoms with Crippen LogP contribution in [0.15, 0.2) is 0 Å². The smallest absolute Gasteiger partial charge is 0.0525 e. The molecule has 74 valence electrons. The molecule has 0 amide bonds. The summed E-state index contributed by atoms with van der Waals surface area (Å²) in [6, 6.07) is 0. The molecule has 0 aromatic heterocycles. The SMILES string of the molecule is CC(C)OCC(C)(C)C(C)(C)C. The topological polar surface area (TPSA) is 9.23 Å². The molecule has 0 bridgehead atoms. The standard InChI is InChI=1S/C11H24O/c1-9(2)12-8-11(6,7)10(3,4)5/h9H,8H2,1-7H3. The van der Waals surface area contributed by atoms with Crippen molar-refractivity contribution in [3.8, 4) is 0 Å². The fourth-order valence-electron chi connectivity index (χ4n) is 0.592. The Morgan fingerprint density at radius 2 is 1.42 bits per heavy atom. The first-order chi connectivity index (χ1) is 5.17. The highest BCUT2D eigenvalue weighted by molar-refractivity contribution is 4.82. The zero-order valence-electron chi connectivity index (χ0n) is 9.69. The summed E-state index contributed by atoms with van der Waals surface area (Å²) in [6.07, 6.45) is 0.339. The van der Waals surface area contributed by atoms with E-state index in [1.165, 1.54) is 0 Å². The van der Waals surface area contributed by atoms with Gasteiger partial charge in [0.2, 0.25) is 0 Å². The van der Waals surface area contributed by atoms with Gasteiger partial charge in [-0.2, -0.15) is 0 Å². The Labute approximate surface area is 77.5 Å². The predicted molar refractivity (Wildman–Crippen MR) is 54.3 cm³/mol. The normalized spacial score (nSPS) is 14.0. The van der Waals surface area contributed by atoms with Crippen molar-refractivity contribution < 1.29 is 4.74 Å². The second-order valence-corrected chi connectivity index (χ2v) is 5.49. The van der Waals surface area contributed by atoms with Crippen LogP contribution >= 0.6 is 0 Å². The van der Waals surface area contributed by atoms with Gasteiger partial charge in [-0.05, 0) is 24.7 Å². The molecule has 0 aromatic rings. The van der Waals surface area contributed by atoms with Gasteiger partial charge in [-0.15, -0.1) is 0 Å². The molecule has 0 aliphatic carbocycles. The van der Waals surface area contributed by atoms with E-state index >= 15 is 0 Å². The van der Waals surface area contributed by atoms with E-state index in [-0.39, 0.29) is 5.41 Å². The molecular formula is C11H24O. The Morgan fingerprint density at radius 3 is 1.67 bits per heavy atom. The maximum Gasteiger partial charge on any atom is 0.0525 e. The second-order valence-electron chi connectivity index (χ2n) is 5.49. The molecule has 1 heteroatoms. The first kappa shape index (κ1) is 12.0. The Balaban J connectivity index is 4.05. The third kappa shape index (κ3) is 3.57. The van der Waals surface area contributed by atoms with E-state index in [1.54, 1.807) is 0 Å². The largest absolute Gasteiger partial charge is 0.378 e. The van der Waals surface area contributed by atoms with Gasteiger partial charge in [0.1, 0.15) is 0 Å². The van der Waals surface area contributed by atoms with Crippen molar-refractivity contribution in [1.82, 2.24) is 0 Å². The molecule has 12 heavy (non-hydrogen) atoms. The van der Waals surface area contributed by atoms with Gasteiger partial charge in [-0.25, -0.2) is 0 Å². The maximum atomic E-state index is 5.63. The van der Waals surface area contributed by atoms with Gasteiger partial charge in [0.05, 0.1) is 12.7 Å². The molecule has 0 aliphatic rings. The van der Waals surface area contributed by atoms with Gasteiger partial charge in [-0.3, -0.25) is 0 Å². The third-order valence-corrected chi connectivity index (χ3v) is 2.81. The number of hydrogen-bond donors (Lipinski definition) is 0. The third-order valence-electron chi connectivity index (χ3n) is 2.81. The predicted octanol–water partition coefficient (Wildman–Crippen LogP) is 3.48. The van der Waals surface area contributed by atoms with Gasteiger partial charge < -0.3 is 4.74 Å². The van der Waals surface area contributed by atoms with Crippen LogP contribution < -0.4 is 0 Å². The van der Waals surface area contributed by atoms with E-state index in [0.717, 1.165) is 6.61 Å². The summed E-state index contributed by atoms with van der Waals surface area (Å²) in [5.41, 5.74) is 0.555. The van der Waals surface area contributed by atoms with E-state index in [2.05, 4.69) is 48.5 Å². The van der Waals surface area contributed by atoms with Crippen LogP contribution in [-0.4, -0.2) is 12.7 Å². The summed E-state index contributed by atoms with van der Waals surface area (Å²) < 4.78 is 5.63. The highest BCUT2D eigenvalue weighted by atomic mass is 16.5. The Hall–Kier alpha value is -0.0400. The minimum absolute atomic E-state index is 0.247. The van der Waals surface area contributed by atoms with Gasteiger partial charge in [0.15, 0.2) is 0 Å². The molecule has 0 saturated carbocycles. The van der Waals surface area contributed by atoms with Crippen LogP contribution in [0.1, 0.15) is 48.5 Å². The van der Waals surface area contributed by atoms with E-state index in [9.17, 15) is 0 Å². The molecule has 0 saturated heterocycles. The van der Waals surface area contributed by atoms with Gasteiger partial charge in [0, 0.05) is 0 Å². The lowest BCUT2D eigenvalue weighted by Gasteiger charge is -2.39. The Bertz CT molecular complexity index is 128. The van der Waals surface area contributed by atoms with Crippen LogP contribution in [0, 0.1) is 10.8 Å². The maximum absolute atomic E-state index is 5.63. The number of hydrogen-bond acceptors (Lipinski definition) is 1. The van der Waals surface area contributed by atoms with E-state index in [0.29, 0.717) is 11.5 Å². The minimum atomic E-state index is 0.247. The molecule has 0 aliphatic heterocycles. The summed E-state index contributed by atoms with van der Waals surface area (Å²) in [5.74, 6) is 0. The summed E-state index contributed by atoms with van der Waals surface area (Å²) in [6.45, 7) is 16.3. The lowest BCUT2D eigenvalue weighted by molar-refractivity contribution is -0.0267. The van der Waals surface area contributed by atoms with Gasteiger partial charge >= 0.3 is 0 Å². The molecule has 0 aromatic carbocycles. The van der Waals surface area contributed by atoms with Crippen LogP contribution in [0.4, 0.5) is 0 Å². The van der Waals surface area contributed by atoms with E-state index in [1.807, 2.05) is 0 Å². The van der Waals surface area contributed by atoms with Crippen molar-refractivity contribution in [1.29, 1.82) is 0 Å². The van der Waals surface area contributed by atoms with E-state index < -0.39 is 0 Å². The molecule has 0 unspecified atom stereocenters. The van der Waals surface area contributed by atoms with Gasteiger partial charge in [-0.1, -0.05) is 34.6 Å².